The zero-order valence-electron chi connectivity index (χ0n) is 9.46. The third-order valence-corrected chi connectivity index (χ3v) is 1.92. The predicted molar refractivity (Wildman–Crippen MR) is 65.4 cm³/mol. The molecule has 0 atom stereocenters. The molecule has 1 N–H and O–H groups in total. The van der Waals surface area contributed by atoms with Crippen molar-refractivity contribution in [3.8, 4) is 0 Å². The van der Waals surface area contributed by atoms with Crippen molar-refractivity contribution >= 4 is 6.08 Å². The summed E-state index contributed by atoms with van der Waals surface area (Å²) in [6, 6.07) is 6.34. The second-order valence-electron chi connectivity index (χ2n) is 3.84. The molecule has 15 heavy (non-hydrogen) atoms. The van der Waals surface area contributed by atoms with Crippen LogP contribution >= 0.6 is 0 Å². The topological polar surface area (TPSA) is 24.9 Å². The standard InChI is InChI=1S/C13H18N2/c1-5-12-7-6-8-13(15-12)9-11(4)14-10(2)3/h5-8,10,14H,1,4,9H2,2-3H3. The Morgan fingerprint density at radius 3 is 2.87 bits per heavy atom. The molecule has 0 aliphatic rings. The van der Waals surface area contributed by atoms with E-state index < -0.39 is 0 Å². The molecular weight excluding hydrogens is 184 g/mol. The monoisotopic (exact) mass is 202 g/mol. The molecule has 0 aliphatic carbocycles. The van der Waals surface area contributed by atoms with Gasteiger partial charge in [-0.05, 0) is 32.1 Å². The van der Waals surface area contributed by atoms with Crippen LogP contribution in [0.15, 0.2) is 37.1 Å². The molecule has 0 saturated carbocycles. The quantitative estimate of drug-likeness (QED) is 0.794. The van der Waals surface area contributed by atoms with Gasteiger partial charge >= 0.3 is 0 Å². The Labute approximate surface area is 91.7 Å². The lowest BCUT2D eigenvalue weighted by atomic mass is 10.2. The van der Waals surface area contributed by atoms with Crippen molar-refractivity contribution in [2.45, 2.75) is 26.3 Å². The molecule has 1 rings (SSSR count). The normalized spacial score (nSPS) is 10.1. The summed E-state index contributed by atoms with van der Waals surface area (Å²) in [6.07, 6.45) is 2.52. The van der Waals surface area contributed by atoms with Gasteiger partial charge in [-0.1, -0.05) is 19.2 Å². The highest BCUT2D eigenvalue weighted by molar-refractivity contribution is 5.41. The molecular formula is C13H18N2. The first kappa shape index (κ1) is 11.5. The van der Waals surface area contributed by atoms with E-state index in [1.54, 1.807) is 6.08 Å². The van der Waals surface area contributed by atoms with Crippen LogP contribution in [-0.4, -0.2) is 11.0 Å². The minimum atomic E-state index is 0.417. The Morgan fingerprint density at radius 1 is 1.53 bits per heavy atom. The summed E-state index contributed by atoms with van der Waals surface area (Å²) in [4.78, 5) is 4.42. The lowest BCUT2D eigenvalue weighted by Gasteiger charge is -2.12. The molecule has 1 heterocycles. The fourth-order valence-electron chi connectivity index (χ4n) is 1.39. The maximum atomic E-state index is 4.42. The third kappa shape index (κ3) is 3.98. The molecule has 0 spiro atoms. The van der Waals surface area contributed by atoms with E-state index in [0.29, 0.717) is 6.04 Å². The highest BCUT2D eigenvalue weighted by Gasteiger charge is 2.00. The predicted octanol–water partition coefficient (Wildman–Crippen LogP) is 2.78. The van der Waals surface area contributed by atoms with Crippen LogP contribution in [0.1, 0.15) is 25.2 Å². The molecule has 0 fully saturated rings. The number of nitrogens with one attached hydrogen (secondary N) is 1. The zero-order valence-corrected chi connectivity index (χ0v) is 9.46. The van der Waals surface area contributed by atoms with Crippen molar-refractivity contribution in [2.75, 3.05) is 0 Å². The summed E-state index contributed by atoms with van der Waals surface area (Å²) in [5.74, 6) is 0. The van der Waals surface area contributed by atoms with Crippen molar-refractivity contribution in [1.29, 1.82) is 0 Å². The van der Waals surface area contributed by atoms with Gasteiger partial charge in [0.05, 0.1) is 5.69 Å². The molecule has 0 amide bonds. The summed E-state index contributed by atoms with van der Waals surface area (Å²) >= 11 is 0. The lowest BCUT2D eigenvalue weighted by molar-refractivity contribution is 0.655. The van der Waals surface area contributed by atoms with Gasteiger partial charge in [-0.2, -0.15) is 0 Å². The van der Waals surface area contributed by atoms with Crippen molar-refractivity contribution in [3.05, 3.63) is 48.4 Å². The number of allylic oxidation sites excluding steroid dienone is 1. The first-order valence-corrected chi connectivity index (χ1v) is 5.14. The van der Waals surface area contributed by atoms with Crippen LogP contribution in [0.2, 0.25) is 0 Å². The van der Waals surface area contributed by atoms with Gasteiger partial charge in [0, 0.05) is 23.9 Å². The maximum Gasteiger partial charge on any atom is 0.0627 e. The highest BCUT2D eigenvalue weighted by Crippen LogP contribution is 2.05. The van der Waals surface area contributed by atoms with Gasteiger partial charge in [0.15, 0.2) is 0 Å². The van der Waals surface area contributed by atoms with E-state index in [1.165, 1.54) is 0 Å². The minimum absolute atomic E-state index is 0.417. The van der Waals surface area contributed by atoms with E-state index in [9.17, 15) is 0 Å². The summed E-state index contributed by atoms with van der Waals surface area (Å²) in [7, 11) is 0. The summed E-state index contributed by atoms with van der Waals surface area (Å²) in [5.41, 5.74) is 2.93. The van der Waals surface area contributed by atoms with Gasteiger partial charge in [-0.3, -0.25) is 4.98 Å². The summed E-state index contributed by atoms with van der Waals surface area (Å²) in [5, 5.41) is 3.27. The largest absolute Gasteiger partial charge is 0.386 e. The van der Waals surface area contributed by atoms with Gasteiger partial charge < -0.3 is 5.32 Å². The van der Waals surface area contributed by atoms with Crippen LogP contribution in [0.3, 0.4) is 0 Å². The molecule has 0 aliphatic heterocycles. The Bertz CT molecular complexity index is 353. The SMILES string of the molecule is C=Cc1cccc(CC(=C)NC(C)C)n1. The lowest BCUT2D eigenvalue weighted by Crippen LogP contribution is -2.22. The van der Waals surface area contributed by atoms with E-state index in [0.717, 1.165) is 23.5 Å². The van der Waals surface area contributed by atoms with Crippen LogP contribution in [0.5, 0.6) is 0 Å². The van der Waals surface area contributed by atoms with Crippen LogP contribution in [0.25, 0.3) is 6.08 Å². The van der Waals surface area contributed by atoms with Crippen molar-refractivity contribution in [3.63, 3.8) is 0 Å². The molecule has 0 saturated heterocycles. The fraction of sp³-hybridized carbons (Fsp3) is 0.308. The Hall–Kier alpha value is -1.57. The van der Waals surface area contributed by atoms with Crippen LogP contribution in [-0.2, 0) is 6.42 Å². The third-order valence-electron chi connectivity index (χ3n) is 1.92. The van der Waals surface area contributed by atoms with Gasteiger partial charge in [0.25, 0.3) is 0 Å². The van der Waals surface area contributed by atoms with Gasteiger partial charge in [0.2, 0.25) is 0 Å². The first-order chi connectivity index (χ1) is 7.11. The van der Waals surface area contributed by atoms with E-state index in [4.69, 9.17) is 0 Å². The number of rotatable bonds is 5. The van der Waals surface area contributed by atoms with E-state index in [-0.39, 0.29) is 0 Å². The maximum absolute atomic E-state index is 4.42. The Kier molecular flexibility index (Phi) is 4.10. The van der Waals surface area contributed by atoms with Gasteiger partial charge in [-0.25, -0.2) is 0 Å². The molecule has 0 aromatic carbocycles. The number of hydrogen-bond acceptors (Lipinski definition) is 2. The number of nitrogens with zero attached hydrogens (tertiary/aromatic N) is 1. The van der Waals surface area contributed by atoms with Crippen LogP contribution in [0, 0.1) is 0 Å². The molecule has 2 nitrogen and oxygen atoms in total. The molecule has 1 aromatic rings. The van der Waals surface area contributed by atoms with Crippen molar-refractivity contribution in [1.82, 2.24) is 10.3 Å². The van der Waals surface area contributed by atoms with Crippen LogP contribution < -0.4 is 5.32 Å². The summed E-state index contributed by atoms with van der Waals surface area (Å²) < 4.78 is 0. The second-order valence-corrected chi connectivity index (χ2v) is 3.84. The van der Waals surface area contributed by atoms with Crippen molar-refractivity contribution < 1.29 is 0 Å². The van der Waals surface area contributed by atoms with E-state index in [1.807, 2.05) is 18.2 Å². The fourth-order valence-corrected chi connectivity index (χ4v) is 1.39. The number of hydrogen-bond donors (Lipinski definition) is 1. The average molecular weight is 202 g/mol. The molecule has 80 valence electrons. The van der Waals surface area contributed by atoms with Crippen LogP contribution in [0.4, 0.5) is 0 Å². The smallest absolute Gasteiger partial charge is 0.0627 e. The molecule has 0 radical (unpaired) electrons. The Balaban J connectivity index is 2.64. The number of pyridine rings is 1. The second kappa shape index (κ2) is 5.35. The Morgan fingerprint density at radius 2 is 2.27 bits per heavy atom. The zero-order chi connectivity index (χ0) is 11.3. The van der Waals surface area contributed by atoms with Gasteiger partial charge in [-0.15, -0.1) is 0 Å². The molecule has 2 heteroatoms. The average Bonchev–Trinajstić information content (AvgIpc) is 2.16. The van der Waals surface area contributed by atoms with Crippen molar-refractivity contribution in [2.24, 2.45) is 0 Å². The molecule has 1 aromatic heterocycles. The summed E-state index contributed by atoms with van der Waals surface area (Å²) in [6.45, 7) is 11.9. The minimum Gasteiger partial charge on any atom is -0.386 e. The van der Waals surface area contributed by atoms with E-state index in [2.05, 4.69) is 37.3 Å². The van der Waals surface area contributed by atoms with E-state index >= 15 is 0 Å². The van der Waals surface area contributed by atoms with Gasteiger partial charge in [0.1, 0.15) is 0 Å². The molecule has 0 unspecified atom stereocenters. The first-order valence-electron chi connectivity index (χ1n) is 5.14. The number of aromatic nitrogens is 1. The molecule has 0 bridgehead atoms. The highest BCUT2D eigenvalue weighted by atomic mass is 14.9.